The predicted octanol–water partition coefficient (Wildman–Crippen LogP) is 3.15. The van der Waals surface area contributed by atoms with E-state index < -0.39 is 0 Å². The summed E-state index contributed by atoms with van der Waals surface area (Å²) < 4.78 is 16.6. The third-order valence-electron chi connectivity index (χ3n) is 5.43. The molecule has 7 nitrogen and oxygen atoms in total. The molecule has 1 unspecified atom stereocenters. The van der Waals surface area contributed by atoms with Crippen molar-refractivity contribution >= 4 is 23.2 Å². The van der Waals surface area contributed by atoms with E-state index >= 15 is 0 Å². The first-order valence-corrected chi connectivity index (χ1v) is 11.3. The smallest absolute Gasteiger partial charge is 0.242 e. The van der Waals surface area contributed by atoms with Gasteiger partial charge in [-0.15, -0.1) is 11.3 Å². The number of fused-ring (bicyclic) bond motifs is 1. The highest BCUT2D eigenvalue weighted by Crippen LogP contribution is 2.35. The molecule has 1 aliphatic heterocycles. The van der Waals surface area contributed by atoms with Crippen molar-refractivity contribution in [2.75, 3.05) is 47.1 Å². The molecule has 8 heteroatoms. The number of hydrogen-bond acceptors (Lipinski definition) is 6. The van der Waals surface area contributed by atoms with Crippen LogP contribution < -0.4 is 9.47 Å². The molecule has 0 spiro atoms. The molecule has 2 aromatic rings. The fourth-order valence-corrected chi connectivity index (χ4v) is 4.71. The first kappa shape index (κ1) is 23.1. The quantitative estimate of drug-likeness (QED) is 0.525. The van der Waals surface area contributed by atoms with Crippen LogP contribution in [0.5, 0.6) is 11.5 Å². The Morgan fingerprint density at radius 1 is 1.19 bits per heavy atom. The summed E-state index contributed by atoms with van der Waals surface area (Å²) in [5.41, 5.74) is 1.12. The number of carbonyl (C=O) groups excluding carboxylic acids is 2. The molecular weight excluding hydrogens is 416 g/mol. The Morgan fingerprint density at radius 2 is 1.97 bits per heavy atom. The average molecular weight is 447 g/mol. The minimum Gasteiger partial charge on any atom is -0.493 e. The van der Waals surface area contributed by atoms with Crippen molar-refractivity contribution in [3.8, 4) is 11.5 Å². The Hall–Kier alpha value is -2.58. The van der Waals surface area contributed by atoms with Crippen LogP contribution >= 0.6 is 11.3 Å². The zero-order valence-corrected chi connectivity index (χ0v) is 19.2. The highest BCUT2D eigenvalue weighted by molar-refractivity contribution is 7.10. The van der Waals surface area contributed by atoms with Gasteiger partial charge in [0.1, 0.15) is 6.61 Å². The zero-order valence-electron chi connectivity index (χ0n) is 18.3. The lowest BCUT2D eigenvalue weighted by Gasteiger charge is -2.37. The number of nitrogens with zero attached hydrogens (tertiary/aromatic N) is 2. The molecule has 1 aromatic heterocycles. The summed E-state index contributed by atoms with van der Waals surface area (Å²) in [5.74, 6) is 1.12. The van der Waals surface area contributed by atoms with Gasteiger partial charge in [-0.3, -0.25) is 9.59 Å². The van der Waals surface area contributed by atoms with Crippen LogP contribution in [0.4, 0.5) is 0 Å². The fraction of sp³-hybridized carbons (Fsp3) is 0.478. The van der Waals surface area contributed by atoms with E-state index in [-0.39, 0.29) is 24.4 Å². The molecule has 0 saturated heterocycles. The van der Waals surface area contributed by atoms with Crippen molar-refractivity contribution in [2.24, 2.45) is 0 Å². The van der Waals surface area contributed by atoms with Gasteiger partial charge in [0, 0.05) is 38.6 Å². The van der Waals surface area contributed by atoms with Crippen molar-refractivity contribution in [2.45, 2.75) is 25.8 Å². The van der Waals surface area contributed by atoms with Crippen molar-refractivity contribution in [1.82, 2.24) is 9.80 Å². The first-order chi connectivity index (χ1) is 15.0. The maximum Gasteiger partial charge on any atom is 0.242 e. The standard InChI is InChI=1S/C23H30N2O5S/c1-17(26)24(11-6-13-28-2)15-23(27)25-12-9-22-18(10-14-31-22)19(25)16-30-21-8-5-4-7-20(21)29-3/h4-5,7-8,10,14,19H,6,9,11-13,15-16H2,1-3H3. The van der Waals surface area contributed by atoms with E-state index in [1.54, 1.807) is 30.5 Å². The van der Waals surface area contributed by atoms with Gasteiger partial charge in [0.2, 0.25) is 11.8 Å². The molecule has 0 saturated carbocycles. The molecule has 31 heavy (non-hydrogen) atoms. The van der Waals surface area contributed by atoms with E-state index in [2.05, 4.69) is 11.4 Å². The molecule has 1 atom stereocenters. The van der Waals surface area contributed by atoms with E-state index in [0.717, 1.165) is 12.0 Å². The molecule has 0 bridgehead atoms. The maximum absolute atomic E-state index is 13.2. The number of amides is 2. The molecular formula is C23H30N2O5S. The second-order valence-corrected chi connectivity index (χ2v) is 8.40. The van der Waals surface area contributed by atoms with Crippen LogP contribution in [-0.2, 0) is 20.7 Å². The van der Waals surface area contributed by atoms with Gasteiger partial charge < -0.3 is 24.0 Å². The molecule has 1 aromatic carbocycles. The third-order valence-corrected chi connectivity index (χ3v) is 6.43. The van der Waals surface area contributed by atoms with Crippen LogP contribution in [-0.4, -0.2) is 68.7 Å². The maximum atomic E-state index is 13.2. The number of ether oxygens (including phenoxy) is 3. The minimum absolute atomic E-state index is 0.0592. The summed E-state index contributed by atoms with van der Waals surface area (Å²) >= 11 is 1.71. The Kier molecular flexibility index (Phi) is 8.31. The van der Waals surface area contributed by atoms with Crippen LogP contribution in [0.15, 0.2) is 35.7 Å². The Balaban J connectivity index is 1.74. The second kappa shape index (κ2) is 11.2. The molecule has 168 valence electrons. The SMILES string of the molecule is COCCCN(CC(=O)N1CCc2sccc2C1COc1ccccc1OC)C(C)=O. The van der Waals surface area contributed by atoms with E-state index in [1.165, 1.54) is 11.8 Å². The van der Waals surface area contributed by atoms with Gasteiger partial charge in [-0.1, -0.05) is 12.1 Å². The fourth-order valence-electron chi connectivity index (χ4n) is 3.78. The number of rotatable bonds is 10. The van der Waals surface area contributed by atoms with E-state index in [4.69, 9.17) is 14.2 Å². The lowest BCUT2D eigenvalue weighted by molar-refractivity contribution is -0.142. The van der Waals surface area contributed by atoms with Crippen LogP contribution in [0.1, 0.15) is 29.8 Å². The number of para-hydroxylation sites is 2. The normalized spacial score (nSPS) is 15.3. The summed E-state index contributed by atoms with van der Waals surface area (Å²) in [6, 6.07) is 9.34. The third kappa shape index (κ3) is 5.77. The van der Waals surface area contributed by atoms with Crippen LogP contribution in [0.25, 0.3) is 0 Å². The highest BCUT2D eigenvalue weighted by atomic mass is 32.1. The van der Waals surface area contributed by atoms with Gasteiger partial charge in [0.15, 0.2) is 11.5 Å². The molecule has 0 aliphatic carbocycles. The number of carbonyl (C=O) groups is 2. The number of thiophene rings is 1. The van der Waals surface area contributed by atoms with Gasteiger partial charge in [-0.2, -0.15) is 0 Å². The largest absolute Gasteiger partial charge is 0.493 e. The monoisotopic (exact) mass is 446 g/mol. The lowest BCUT2D eigenvalue weighted by atomic mass is 10.0. The van der Waals surface area contributed by atoms with Crippen LogP contribution in [0.2, 0.25) is 0 Å². The van der Waals surface area contributed by atoms with Crippen LogP contribution in [0, 0.1) is 0 Å². The van der Waals surface area contributed by atoms with Gasteiger partial charge in [0.25, 0.3) is 0 Å². The lowest BCUT2D eigenvalue weighted by Crippen LogP contribution is -2.47. The van der Waals surface area contributed by atoms with Gasteiger partial charge in [-0.05, 0) is 42.0 Å². The molecule has 0 N–H and O–H groups in total. The van der Waals surface area contributed by atoms with E-state index in [9.17, 15) is 9.59 Å². The highest BCUT2D eigenvalue weighted by Gasteiger charge is 2.33. The Labute approximate surface area is 187 Å². The summed E-state index contributed by atoms with van der Waals surface area (Å²) in [7, 11) is 3.23. The van der Waals surface area contributed by atoms with Gasteiger partial charge in [-0.25, -0.2) is 0 Å². The summed E-state index contributed by atoms with van der Waals surface area (Å²) in [6.45, 7) is 3.53. The Morgan fingerprint density at radius 3 is 2.68 bits per heavy atom. The number of benzene rings is 1. The molecule has 0 fully saturated rings. The summed E-state index contributed by atoms with van der Waals surface area (Å²) in [6.07, 6.45) is 1.51. The molecule has 2 amide bonds. The topological polar surface area (TPSA) is 68.3 Å². The first-order valence-electron chi connectivity index (χ1n) is 10.4. The zero-order chi connectivity index (χ0) is 22.2. The van der Waals surface area contributed by atoms with Crippen molar-refractivity contribution in [3.63, 3.8) is 0 Å². The number of methoxy groups -OCH3 is 2. The van der Waals surface area contributed by atoms with Gasteiger partial charge in [0.05, 0.1) is 19.7 Å². The molecule has 1 aliphatic rings. The van der Waals surface area contributed by atoms with Crippen LogP contribution in [0.3, 0.4) is 0 Å². The average Bonchev–Trinajstić information content (AvgIpc) is 3.26. The van der Waals surface area contributed by atoms with Crippen molar-refractivity contribution in [1.29, 1.82) is 0 Å². The summed E-state index contributed by atoms with van der Waals surface area (Å²) in [5, 5.41) is 2.06. The minimum atomic E-state index is -0.208. The Bertz CT molecular complexity index is 884. The summed E-state index contributed by atoms with van der Waals surface area (Å²) in [4.78, 5) is 30.0. The van der Waals surface area contributed by atoms with Crippen molar-refractivity contribution < 1.29 is 23.8 Å². The molecule has 3 rings (SSSR count). The van der Waals surface area contributed by atoms with Gasteiger partial charge >= 0.3 is 0 Å². The predicted molar refractivity (Wildman–Crippen MR) is 120 cm³/mol. The molecule has 2 heterocycles. The van der Waals surface area contributed by atoms with E-state index in [0.29, 0.717) is 44.2 Å². The second-order valence-electron chi connectivity index (χ2n) is 7.40. The number of hydrogen-bond donors (Lipinski definition) is 0. The van der Waals surface area contributed by atoms with E-state index in [1.807, 2.05) is 29.2 Å². The van der Waals surface area contributed by atoms with Crippen molar-refractivity contribution in [3.05, 3.63) is 46.2 Å². The molecule has 0 radical (unpaired) electrons.